The lowest BCUT2D eigenvalue weighted by atomic mass is 9.93. The van der Waals surface area contributed by atoms with E-state index in [0.29, 0.717) is 18.0 Å². The van der Waals surface area contributed by atoms with E-state index in [0.717, 1.165) is 51.5 Å². The minimum atomic E-state index is 0.346. The van der Waals surface area contributed by atoms with Crippen molar-refractivity contribution in [1.82, 2.24) is 0 Å². The minimum absolute atomic E-state index is 0.346. The van der Waals surface area contributed by atoms with Gasteiger partial charge >= 0.3 is 0 Å². The van der Waals surface area contributed by atoms with Gasteiger partial charge in [-0.2, -0.15) is 0 Å². The van der Waals surface area contributed by atoms with Crippen molar-refractivity contribution < 1.29 is 0 Å². The average Bonchev–Trinajstić information content (AvgIpc) is 3.06. The van der Waals surface area contributed by atoms with Crippen LogP contribution in [0.15, 0.2) is 161 Å². The van der Waals surface area contributed by atoms with Gasteiger partial charge in [0.25, 0.3) is 0 Å². The molecule has 3 aromatic carbocycles. The van der Waals surface area contributed by atoms with Crippen LogP contribution in [-0.2, 0) is 6.42 Å². The van der Waals surface area contributed by atoms with Crippen LogP contribution in [0.2, 0.25) is 0 Å². The summed E-state index contributed by atoms with van der Waals surface area (Å²) in [6.07, 6.45) is 11.5. The zero-order valence-electron chi connectivity index (χ0n) is 26.3. The topological polar surface area (TPSA) is 50.7 Å². The highest BCUT2D eigenvalue weighted by atomic mass is 14.8. The van der Waals surface area contributed by atoms with Gasteiger partial charge in [0.15, 0.2) is 0 Å². The largest absolute Gasteiger partial charge is 0.397 e. The molecule has 0 aromatic heterocycles. The highest BCUT2D eigenvalue weighted by molar-refractivity contribution is 6.31. The standard InChI is InChI=1S/C40H45N3/c1-8-19-35(29(6)9-2)37(11-4)43-40(34-22-17-14-18-23-34)30(7)32-24-26-33(27-25-32)39(28-31-20-15-13-16-21-31)42-38(12-5)36(41)10-3/h8,10-27,29H,1,7,9,28,41H2,2-6H3/b35-19-,36-10+,37-11+,38-12+,42-39?,43-40?. The molecule has 1 unspecified atom stereocenters. The van der Waals surface area contributed by atoms with Gasteiger partial charge in [0.05, 0.1) is 28.5 Å². The molecule has 0 spiro atoms. The highest BCUT2D eigenvalue weighted by Crippen LogP contribution is 2.28. The fourth-order valence-electron chi connectivity index (χ4n) is 4.75. The predicted octanol–water partition coefficient (Wildman–Crippen LogP) is 10.0. The molecule has 43 heavy (non-hydrogen) atoms. The molecule has 0 saturated heterocycles. The van der Waals surface area contributed by atoms with Crippen LogP contribution in [0.25, 0.3) is 5.57 Å². The van der Waals surface area contributed by atoms with E-state index in [1.165, 1.54) is 11.1 Å². The van der Waals surface area contributed by atoms with Crippen LogP contribution in [0, 0.1) is 5.92 Å². The molecule has 0 radical (unpaired) electrons. The molecule has 0 bridgehead atoms. The first-order valence-corrected chi connectivity index (χ1v) is 15.0. The predicted molar refractivity (Wildman–Crippen MR) is 188 cm³/mol. The Bertz CT molecular complexity index is 1560. The number of nitrogens with two attached hydrogens (primary N) is 1. The Labute approximate surface area is 259 Å². The molecule has 0 aliphatic rings. The second-order valence-corrected chi connectivity index (χ2v) is 10.4. The summed E-state index contributed by atoms with van der Waals surface area (Å²) in [5.41, 5.74) is 16.7. The zero-order chi connectivity index (χ0) is 31.2. The van der Waals surface area contributed by atoms with Crippen LogP contribution in [-0.4, -0.2) is 11.4 Å². The molecule has 0 aliphatic carbocycles. The van der Waals surface area contributed by atoms with E-state index in [1.54, 1.807) is 0 Å². The third-order valence-electron chi connectivity index (χ3n) is 7.49. The molecule has 2 N–H and O–H groups in total. The van der Waals surface area contributed by atoms with Crippen LogP contribution >= 0.6 is 0 Å². The maximum absolute atomic E-state index is 6.27. The first-order valence-electron chi connectivity index (χ1n) is 15.0. The SMILES string of the molecule is C=C/C=C(\C(=C/C)N=C(C(=C)c1ccc(C(Cc2ccccc2)=NC(=C/C)/C(N)=C\C)cc1)c1ccccc1)C(C)CC. The first kappa shape index (κ1) is 32.8. The summed E-state index contributed by atoms with van der Waals surface area (Å²) >= 11 is 0. The Morgan fingerprint density at radius 3 is 1.88 bits per heavy atom. The van der Waals surface area contributed by atoms with E-state index in [2.05, 4.69) is 99.8 Å². The lowest BCUT2D eigenvalue weighted by Crippen LogP contribution is -2.10. The van der Waals surface area contributed by atoms with Crippen molar-refractivity contribution in [3.8, 4) is 0 Å². The Hall–Kier alpha value is -4.76. The van der Waals surface area contributed by atoms with Crippen LogP contribution in [0.1, 0.15) is 63.3 Å². The summed E-state index contributed by atoms with van der Waals surface area (Å²) < 4.78 is 0. The van der Waals surface area contributed by atoms with Gasteiger partial charge in [0.1, 0.15) is 0 Å². The number of hydrogen-bond acceptors (Lipinski definition) is 3. The third kappa shape index (κ3) is 8.86. The van der Waals surface area contributed by atoms with E-state index >= 15 is 0 Å². The molecule has 1 atom stereocenters. The number of nitrogens with zero attached hydrogens (tertiary/aromatic N) is 2. The molecule has 3 nitrogen and oxygen atoms in total. The summed E-state index contributed by atoms with van der Waals surface area (Å²) in [6, 6.07) is 29.1. The van der Waals surface area contributed by atoms with Gasteiger partial charge in [-0.05, 0) is 55.4 Å². The number of aliphatic imine (C=N–C) groups is 2. The molecule has 220 valence electrons. The summed E-state index contributed by atoms with van der Waals surface area (Å²) in [5.74, 6) is 0.346. The van der Waals surface area contributed by atoms with Gasteiger partial charge in [-0.15, -0.1) is 0 Å². The second-order valence-electron chi connectivity index (χ2n) is 10.4. The van der Waals surface area contributed by atoms with Gasteiger partial charge in [0.2, 0.25) is 0 Å². The van der Waals surface area contributed by atoms with Crippen molar-refractivity contribution in [2.24, 2.45) is 21.6 Å². The average molecular weight is 568 g/mol. The fourth-order valence-corrected chi connectivity index (χ4v) is 4.75. The molecular weight excluding hydrogens is 522 g/mol. The third-order valence-corrected chi connectivity index (χ3v) is 7.49. The Morgan fingerprint density at radius 2 is 1.35 bits per heavy atom. The lowest BCUT2D eigenvalue weighted by molar-refractivity contribution is 0.660. The van der Waals surface area contributed by atoms with Gasteiger partial charge in [0, 0.05) is 17.6 Å². The van der Waals surface area contributed by atoms with E-state index in [1.807, 2.05) is 63.3 Å². The van der Waals surface area contributed by atoms with Gasteiger partial charge in [-0.1, -0.05) is 142 Å². The summed E-state index contributed by atoms with van der Waals surface area (Å²) in [7, 11) is 0. The number of rotatable bonds is 13. The van der Waals surface area contributed by atoms with Gasteiger partial charge in [-0.3, -0.25) is 4.99 Å². The van der Waals surface area contributed by atoms with Crippen molar-refractivity contribution >= 4 is 17.0 Å². The van der Waals surface area contributed by atoms with E-state index in [9.17, 15) is 0 Å². The summed E-state index contributed by atoms with van der Waals surface area (Å²) in [4.78, 5) is 10.2. The van der Waals surface area contributed by atoms with Crippen LogP contribution in [0.5, 0.6) is 0 Å². The monoisotopic (exact) mass is 567 g/mol. The molecule has 0 heterocycles. The summed E-state index contributed by atoms with van der Waals surface area (Å²) in [6.45, 7) is 18.8. The van der Waals surface area contributed by atoms with Crippen LogP contribution in [0.3, 0.4) is 0 Å². The molecule has 0 aliphatic heterocycles. The molecule has 0 fully saturated rings. The first-order chi connectivity index (χ1) is 20.9. The normalized spacial score (nSPS) is 14.4. The smallest absolute Gasteiger partial charge is 0.0816 e. The zero-order valence-corrected chi connectivity index (χ0v) is 26.3. The maximum Gasteiger partial charge on any atom is 0.0816 e. The highest BCUT2D eigenvalue weighted by Gasteiger charge is 2.16. The molecule has 3 aromatic rings. The molecule has 3 heteroatoms. The number of benzene rings is 3. The van der Waals surface area contributed by atoms with E-state index < -0.39 is 0 Å². The van der Waals surface area contributed by atoms with E-state index in [-0.39, 0.29) is 0 Å². The van der Waals surface area contributed by atoms with E-state index in [4.69, 9.17) is 15.7 Å². The maximum atomic E-state index is 6.27. The van der Waals surface area contributed by atoms with Crippen LogP contribution in [0.4, 0.5) is 0 Å². The Balaban J connectivity index is 2.09. The molecule has 3 rings (SSSR count). The second kappa shape index (κ2) is 16.6. The van der Waals surface area contributed by atoms with Crippen molar-refractivity contribution in [3.05, 3.63) is 173 Å². The molecule has 0 amide bonds. The number of allylic oxidation sites excluding steroid dienone is 7. The summed E-state index contributed by atoms with van der Waals surface area (Å²) in [5, 5.41) is 0. The molecular formula is C40H45N3. The minimum Gasteiger partial charge on any atom is -0.397 e. The van der Waals surface area contributed by atoms with Gasteiger partial charge in [-0.25, -0.2) is 4.99 Å². The lowest BCUT2D eigenvalue weighted by Gasteiger charge is -2.18. The molecule has 0 saturated carbocycles. The van der Waals surface area contributed by atoms with Crippen molar-refractivity contribution in [3.63, 3.8) is 0 Å². The number of hydrogen-bond donors (Lipinski definition) is 1. The van der Waals surface area contributed by atoms with Crippen molar-refractivity contribution in [1.29, 1.82) is 0 Å². The van der Waals surface area contributed by atoms with Crippen molar-refractivity contribution in [2.75, 3.05) is 0 Å². The van der Waals surface area contributed by atoms with Crippen LogP contribution < -0.4 is 5.73 Å². The Morgan fingerprint density at radius 1 is 0.767 bits per heavy atom. The van der Waals surface area contributed by atoms with Crippen molar-refractivity contribution in [2.45, 2.75) is 47.5 Å². The quantitative estimate of drug-likeness (QED) is 0.162. The fraction of sp³-hybridized carbons (Fsp3) is 0.200. The van der Waals surface area contributed by atoms with Gasteiger partial charge < -0.3 is 5.73 Å². The Kier molecular flexibility index (Phi) is 12.7.